The first-order valence-corrected chi connectivity index (χ1v) is 6.51. The molecule has 2 rings (SSSR count). The second-order valence-electron chi connectivity index (χ2n) is 5.88. The lowest BCUT2D eigenvalue weighted by Crippen LogP contribution is -2.43. The second kappa shape index (κ2) is 4.30. The maximum absolute atomic E-state index is 11.1. The number of carbonyl (C=O) groups excluding carboxylic acids is 1. The van der Waals surface area contributed by atoms with Crippen LogP contribution in [0.25, 0.3) is 0 Å². The molecule has 3 heteroatoms. The molecule has 1 aromatic carbocycles. The largest absolute Gasteiger partial charge is 0.382 e. The van der Waals surface area contributed by atoms with Crippen molar-refractivity contribution < 1.29 is 4.79 Å². The maximum atomic E-state index is 11.1. The first kappa shape index (κ1) is 12.9. The number of amides is 1. The Morgan fingerprint density at radius 2 is 2.00 bits per heavy atom. The van der Waals surface area contributed by atoms with Gasteiger partial charge in [0.2, 0.25) is 5.91 Å². The van der Waals surface area contributed by atoms with E-state index >= 15 is 0 Å². The van der Waals surface area contributed by atoms with Gasteiger partial charge in [0.25, 0.3) is 0 Å². The van der Waals surface area contributed by atoms with E-state index in [2.05, 4.69) is 44.4 Å². The minimum Gasteiger partial charge on any atom is -0.382 e. The van der Waals surface area contributed by atoms with Crippen molar-refractivity contribution in [1.29, 1.82) is 0 Å². The zero-order chi connectivity index (χ0) is 13.5. The number of rotatable bonds is 1. The second-order valence-corrected chi connectivity index (χ2v) is 5.88. The molecule has 18 heavy (non-hydrogen) atoms. The molecule has 2 N–H and O–H groups in total. The van der Waals surface area contributed by atoms with E-state index in [1.54, 1.807) is 0 Å². The lowest BCUT2D eigenvalue weighted by atomic mass is 9.68. The molecular formula is C15H22N2O. The summed E-state index contributed by atoms with van der Waals surface area (Å²) in [6.07, 6.45) is 0. The Balaban J connectivity index is 2.42. The third-order valence-corrected chi connectivity index (χ3v) is 4.31. The Morgan fingerprint density at radius 3 is 2.61 bits per heavy atom. The van der Waals surface area contributed by atoms with Gasteiger partial charge in [0.1, 0.15) is 0 Å². The van der Waals surface area contributed by atoms with E-state index in [1.807, 2.05) is 12.1 Å². The fourth-order valence-corrected chi connectivity index (χ4v) is 2.75. The Hall–Kier alpha value is -1.51. The van der Waals surface area contributed by atoms with E-state index in [9.17, 15) is 4.79 Å². The van der Waals surface area contributed by atoms with Gasteiger partial charge in [0.05, 0.1) is 0 Å². The van der Waals surface area contributed by atoms with E-state index in [1.165, 1.54) is 12.5 Å². The van der Waals surface area contributed by atoms with Crippen molar-refractivity contribution >= 4 is 17.3 Å². The van der Waals surface area contributed by atoms with Gasteiger partial charge in [-0.05, 0) is 36.0 Å². The van der Waals surface area contributed by atoms with Crippen molar-refractivity contribution in [2.45, 2.75) is 46.1 Å². The molecule has 0 aromatic heterocycles. The highest BCUT2D eigenvalue weighted by atomic mass is 16.1. The summed E-state index contributed by atoms with van der Waals surface area (Å²) in [4.78, 5) is 11.1. The molecule has 0 saturated heterocycles. The Morgan fingerprint density at radius 1 is 1.33 bits per heavy atom. The SMILES string of the molecule is CC(=O)Nc1ccc2c(c1)NC(C)C(C)C2(C)C. The maximum Gasteiger partial charge on any atom is 0.221 e. The number of carbonyl (C=O) groups is 1. The molecule has 0 saturated carbocycles. The fourth-order valence-electron chi connectivity index (χ4n) is 2.75. The third-order valence-electron chi connectivity index (χ3n) is 4.31. The first-order valence-electron chi connectivity index (χ1n) is 6.51. The van der Waals surface area contributed by atoms with Gasteiger partial charge < -0.3 is 10.6 Å². The Bertz CT molecular complexity index is 479. The standard InChI is InChI=1S/C15H22N2O/c1-9-10(2)16-14-8-12(17-11(3)18)6-7-13(14)15(9,4)5/h6-10,16H,1-5H3,(H,17,18). The van der Waals surface area contributed by atoms with Crippen LogP contribution in [0.1, 0.15) is 40.2 Å². The van der Waals surface area contributed by atoms with Crippen LogP contribution in [0.15, 0.2) is 18.2 Å². The van der Waals surface area contributed by atoms with Crippen LogP contribution in [0.4, 0.5) is 11.4 Å². The number of hydrogen-bond donors (Lipinski definition) is 2. The van der Waals surface area contributed by atoms with E-state index in [0.29, 0.717) is 12.0 Å². The van der Waals surface area contributed by atoms with Crippen LogP contribution in [-0.2, 0) is 10.2 Å². The zero-order valence-corrected chi connectivity index (χ0v) is 11.8. The number of anilines is 2. The fraction of sp³-hybridized carbons (Fsp3) is 0.533. The van der Waals surface area contributed by atoms with Gasteiger partial charge in [-0.1, -0.05) is 26.8 Å². The highest BCUT2D eigenvalue weighted by Gasteiger charge is 2.37. The first-order chi connectivity index (χ1) is 8.32. The molecule has 0 aliphatic carbocycles. The van der Waals surface area contributed by atoms with Crippen molar-refractivity contribution in [3.63, 3.8) is 0 Å². The summed E-state index contributed by atoms with van der Waals surface area (Å²) in [5.74, 6) is 0.531. The Labute approximate surface area is 109 Å². The molecule has 0 bridgehead atoms. The summed E-state index contributed by atoms with van der Waals surface area (Å²) in [5, 5.41) is 6.36. The van der Waals surface area contributed by atoms with Crippen LogP contribution in [0, 0.1) is 5.92 Å². The van der Waals surface area contributed by atoms with Crippen LogP contribution in [0.3, 0.4) is 0 Å². The van der Waals surface area contributed by atoms with Crippen molar-refractivity contribution in [1.82, 2.24) is 0 Å². The normalized spacial score (nSPS) is 24.9. The molecule has 1 aliphatic heterocycles. The van der Waals surface area contributed by atoms with Gasteiger partial charge in [-0.2, -0.15) is 0 Å². The zero-order valence-electron chi connectivity index (χ0n) is 11.8. The van der Waals surface area contributed by atoms with Gasteiger partial charge in [0, 0.05) is 24.3 Å². The number of fused-ring (bicyclic) bond motifs is 1. The van der Waals surface area contributed by atoms with E-state index in [4.69, 9.17) is 0 Å². The van der Waals surface area contributed by atoms with Gasteiger partial charge in [-0.25, -0.2) is 0 Å². The summed E-state index contributed by atoms with van der Waals surface area (Å²) in [5.41, 5.74) is 3.46. The van der Waals surface area contributed by atoms with Crippen molar-refractivity contribution in [3.05, 3.63) is 23.8 Å². The molecule has 98 valence electrons. The average Bonchev–Trinajstić information content (AvgIpc) is 2.25. The Kier molecular flexibility index (Phi) is 3.09. The summed E-state index contributed by atoms with van der Waals surface area (Å²) in [7, 11) is 0. The molecule has 0 spiro atoms. The number of benzene rings is 1. The number of nitrogens with one attached hydrogen (secondary N) is 2. The van der Waals surface area contributed by atoms with Gasteiger partial charge in [-0.3, -0.25) is 4.79 Å². The van der Waals surface area contributed by atoms with Gasteiger partial charge in [-0.15, -0.1) is 0 Å². The highest BCUT2D eigenvalue weighted by molar-refractivity contribution is 5.89. The van der Waals surface area contributed by atoms with Gasteiger partial charge in [0.15, 0.2) is 0 Å². The summed E-state index contributed by atoms with van der Waals surface area (Å²) in [6, 6.07) is 6.56. The summed E-state index contributed by atoms with van der Waals surface area (Å²) >= 11 is 0. The molecular weight excluding hydrogens is 224 g/mol. The molecule has 1 heterocycles. The van der Waals surface area contributed by atoms with Crippen LogP contribution in [-0.4, -0.2) is 11.9 Å². The molecule has 3 nitrogen and oxygen atoms in total. The van der Waals surface area contributed by atoms with E-state index in [0.717, 1.165) is 11.4 Å². The van der Waals surface area contributed by atoms with E-state index in [-0.39, 0.29) is 11.3 Å². The van der Waals surface area contributed by atoms with Crippen molar-refractivity contribution in [2.75, 3.05) is 10.6 Å². The molecule has 1 amide bonds. The van der Waals surface area contributed by atoms with Crippen molar-refractivity contribution in [2.24, 2.45) is 5.92 Å². The van der Waals surface area contributed by atoms with Crippen LogP contribution in [0.2, 0.25) is 0 Å². The molecule has 2 unspecified atom stereocenters. The lowest BCUT2D eigenvalue weighted by Gasteiger charge is -2.43. The lowest BCUT2D eigenvalue weighted by molar-refractivity contribution is -0.114. The van der Waals surface area contributed by atoms with E-state index < -0.39 is 0 Å². The third kappa shape index (κ3) is 2.09. The summed E-state index contributed by atoms with van der Waals surface area (Å²) in [6.45, 7) is 10.6. The average molecular weight is 246 g/mol. The molecule has 1 aliphatic rings. The van der Waals surface area contributed by atoms with Crippen LogP contribution < -0.4 is 10.6 Å². The van der Waals surface area contributed by atoms with Gasteiger partial charge >= 0.3 is 0 Å². The summed E-state index contributed by atoms with van der Waals surface area (Å²) < 4.78 is 0. The predicted molar refractivity (Wildman–Crippen MR) is 76.0 cm³/mol. The molecule has 0 fully saturated rings. The molecule has 0 radical (unpaired) electrons. The quantitative estimate of drug-likeness (QED) is 0.797. The highest BCUT2D eigenvalue weighted by Crippen LogP contribution is 2.43. The van der Waals surface area contributed by atoms with Crippen LogP contribution >= 0.6 is 0 Å². The minimum atomic E-state index is -0.0357. The smallest absolute Gasteiger partial charge is 0.221 e. The predicted octanol–water partition coefficient (Wildman–Crippen LogP) is 3.37. The molecule has 1 aromatic rings. The minimum absolute atomic E-state index is 0.0357. The monoisotopic (exact) mass is 246 g/mol. The topological polar surface area (TPSA) is 41.1 Å². The van der Waals surface area contributed by atoms with Crippen LogP contribution in [0.5, 0.6) is 0 Å². The molecule has 2 atom stereocenters. The van der Waals surface area contributed by atoms with Crippen molar-refractivity contribution in [3.8, 4) is 0 Å². The number of hydrogen-bond acceptors (Lipinski definition) is 2.